The Bertz CT molecular complexity index is 540. The molecule has 0 N–H and O–H groups in total. The molecule has 7 nitrogen and oxygen atoms in total. The van der Waals surface area contributed by atoms with Crippen LogP contribution in [-0.2, 0) is 16.1 Å². The lowest BCUT2D eigenvalue weighted by atomic mass is 10.4. The van der Waals surface area contributed by atoms with Crippen LogP contribution in [0.1, 0.15) is 19.8 Å². The summed E-state index contributed by atoms with van der Waals surface area (Å²) in [4.78, 5) is 32.8. The largest absolute Gasteiger partial charge is 0.464 e. The quantitative estimate of drug-likeness (QED) is 0.343. The fraction of sp³-hybridized carbons (Fsp3) is 0.455. The Morgan fingerprint density at radius 2 is 2.21 bits per heavy atom. The first-order valence-corrected chi connectivity index (χ1v) is 6.44. The molecule has 8 heteroatoms. The predicted molar refractivity (Wildman–Crippen MR) is 70.9 cm³/mol. The molecule has 0 aliphatic heterocycles. The molecule has 19 heavy (non-hydrogen) atoms. The molecule has 1 rings (SSSR count). The Kier molecular flexibility index (Phi) is 5.68. The van der Waals surface area contributed by atoms with Crippen LogP contribution in [0.2, 0.25) is 0 Å². The number of halogens is 1. The number of aromatic nitrogens is 1. The Balaban J connectivity index is 2.82. The van der Waals surface area contributed by atoms with Crippen molar-refractivity contribution >= 4 is 27.6 Å². The van der Waals surface area contributed by atoms with Crippen LogP contribution in [0.3, 0.4) is 0 Å². The fourth-order valence-electron chi connectivity index (χ4n) is 1.33. The van der Waals surface area contributed by atoms with Gasteiger partial charge in [-0.25, -0.2) is 0 Å². The van der Waals surface area contributed by atoms with E-state index in [0.717, 1.165) is 19.0 Å². The number of carbonyl (C=O) groups is 1. The summed E-state index contributed by atoms with van der Waals surface area (Å²) < 4.78 is 6.21. The highest BCUT2D eigenvalue weighted by Gasteiger charge is 2.17. The van der Waals surface area contributed by atoms with Gasteiger partial charge in [0.05, 0.1) is 22.2 Å². The minimum atomic E-state index is -0.786. The van der Waals surface area contributed by atoms with Crippen LogP contribution in [0.15, 0.2) is 21.7 Å². The van der Waals surface area contributed by atoms with Gasteiger partial charge in [0.25, 0.3) is 5.43 Å². The zero-order valence-electron chi connectivity index (χ0n) is 10.3. The third-order valence-electron chi connectivity index (χ3n) is 2.29. The molecule has 0 aliphatic carbocycles. The molecule has 0 radical (unpaired) electrons. The highest BCUT2D eigenvalue weighted by Crippen LogP contribution is 2.10. The highest BCUT2D eigenvalue weighted by molar-refractivity contribution is 9.10. The number of ether oxygens (including phenoxy) is 1. The molecule has 0 spiro atoms. The van der Waals surface area contributed by atoms with E-state index in [1.807, 2.05) is 6.92 Å². The van der Waals surface area contributed by atoms with Gasteiger partial charge in [-0.2, -0.15) is 0 Å². The zero-order chi connectivity index (χ0) is 14.4. The fourth-order valence-corrected chi connectivity index (χ4v) is 1.79. The van der Waals surface area contributed by atoms with Crippen LogP contribution in [0, 0.1) is 10.1 Å². The molecule has 0 amide bonds. The molecule has 0 bridgehead atoms. The van der Waals surface area contributed by atoms with Crippen molar-refractivity contribution in [3.63, 3.8) is 0 Å². The smallest absolute Gasteiger partial charge is 0.333 e. The number of nitrogens with zero attached hydrogens (tertiary/aromatic N) is 2. The summed E-state index contributed by atoms with van der Waals surface area (Å²) >= 11 is 2.93. The van der Waals surface area contributed by atoms with E-state index in [2.05, 4.69) is 15.9 Å². The van der Waals surface area contributed by atoms with Gasteiger partial charge in [-0.05, 0) is 22.4 Å². The van der Waals surface area contributed by atoms with Gasteiger partial charge in [-0.3, -0.25) is 19.7 Å². The second-order valence-electron chi connectivity index (χ2n) is 3.82. The Labute approximate surface area is 117 Å². The molecule has 0 atom stereocenters. The molecular formula is C11H13BrN2O5. The van der Waals surface area contributed by atoms with Gasteiger partial charge < -0.3 is 9.30 Å². The van der Waals surface area contributed by atoms with Crippen molar-refractivity contribution in [3.8, 4) is 0 Å². The molecular weight excluding hydrogens is 320 g/mol. The molecule has 0 aliphatic rings. The van der Waals surface area contributed by atoms with Crippen LogP contribution in [-0.4, -0.2) is 22.1 Å². The van der Waals surface area contributed by atoms with Crippen LogP contribution < -0.4 is 5.43 Å². The van der Waals surface area contributed by atoms with E-state index in [1.54, 1.807) is 0 Å². The monoisotopic (exact) mass is 332 g/mol. The number of esters is 1. The third-order valence-corrected chi connectivity index (χ3v) is 2.85. The van der Waals surface area contributed by atoms with Gasteiger partial charge in [0.2, 0.25) is 0 Å². The molecule has 0 saturated heterocycles. The average molecular weight is 333 g/mol. The van der Waals surface area contributed by atoms with Crippen molar-refractivity contribution < 1.29 is 14.5 Å². The summed E-state index contributed by atoms with van der Waals surface area (Å²) in [5, 5.41) is 10.7. The second-order valence-corrected chi connectivity index (χ2v) is 4.68. The van der Waals surface area contributed by atoms with E-state index in [0.29, 0.717) is 6.61 Å². The van der Waals surface area contributed by atoms with E-state index in [9.17, 15) is 19.7 Å². The molecule has 1 heterocycles. The third kappa shape index (κ3) is 4.47. The lowest BCUT2D eigenvalue weighted by Gasteiger charge is -2.07. The summed E-state index contributed by atoms with van der Waals surface area (Å²) in [6, 6.07) is 0. The number of hydrogen-bond acceptors (Lipinski definition) is 5. The van der Waals surface area contributed by atoms with E-state index in [4.69, 9.17) is 4.74 Å². The van der Waals surface area contributed by atoms with E-state index < -0.39 is 22.0 Å². The predicted octanol–water partition coefficient (Wildman–Crippen LogP) is 1.86. The zero-order valence-corrected chi connectivity index (χ0v) is 11.9. The molecule has 0 fully saturated rings. The Morgan fingerprint density at radius 3 is 2.79 bits per heavy atom. The van der Waals surface area contributed by atoms with Crippen LogP contribution in [0.4, 0.5) is 5.69 Å². The summed E-state index contributed by atoms with van der Waals surface area (Å²) in [6.07, 6.45) is 4.01. The summed E-state index contributed by atoms with van der Waals surface area (Å²) in [5.74, 6) is -0.502. The minimum absolute atomic E-state index is 0.0306. The van der Waals surface area contributed by atoms with Gasteiger partial charge in [0.15, 0.2) is 0 Å². The molecule has 1 aromatic rings. The summed E-state index contributed by atoms with van der Waals surface area (Å²) in [5.41, 5.74) is -1.31. The van der Waals surface area contributed by atoms with E-state index >= 15 is 0 Å². The van der Waals surface area contributed by atoms with Gasteiger partial charge in [-0.15, -0.1) is 0 Å². The van der Waals surface area contributed by atoms with Crippen molar-refractivity contribution in [2.24, 2.45) is 0 Å². The first kappa shape index (κ1) is 15.4. The second kappa shape index (κ2) is 7.03. The van der Waals surface area contributed by atoms with Crippen molar-refractivity contribution in [2.75, 3.05) is 6.61 Å². The SMILES string of the molecule is CCCCOC(=O)Cn1cc(Br)c(=O)c([N+](=O)[O-])c1. The van der Waals surface area contributed by atoms with Crippen molar-refractivity contribution in [3.05, 3.63) is 37.2 Å². The first-order valence-electron chi connectivity index (χ1n) is 5.65. The normalized spacial score (nSPS) is 10.2. The Hall–Kier alpha value is -1.70. The van der Waals surface area contributed by atoms with Gasteiger partial charge in [0, 0.05) is 6.20 Å². The van der Waals surface area contributed by atoms with Crippen LogP contribution >= 0.6 is 15.9 Å². The maximum absolute atomic E-state index is 11.5. The molecule has 0 unspecified atom stereocenters. The molecule has 104 valence electrons. The van der Waals surface area contributed by atoms with Crippen molar-refractivity contribution in [2.45, 2.75) is 26.3 Å². The van der Waals surface area contributed by atoms with Crippen molar-refractivity contribution in [1.29, 1.82) is 0 Å². The number of pyridine rings is 1. The number of nitro groups is 1. The van der Waals surface area contributed by atoms with E-state index in [-0.39, 0.29) is 11.0 Å². The van der Waals surface area contributed by atoms with Gasteiger partial charge in [-0.1, -0.05) is 13.3 Å². The number of rotatable bonds is 6. The van der Waals surface area contributed by atoms with Crippen molar-refractivity contribution in [1.82, 2.24) is 4.57 Å². The van der Waals surface area contributed by atoms with Gasteiger partial charge >= 0.3 is 11.7 Å². The maximum Gasteiger partial charge on any atom is 0.333 e. The standard InChI is InChI=1S/C11H13BrN2O5/c1-2-3-4-19-10(15)7-13-5-8(12)11(16)9(6-13)14(17)18/h5-6H,2-4,7H2,1H3. The van der Waals surface area contributed by atoms with Crippen LogP contribution in [0.25, 0.3) is 0 Å². The lowest BCUT2D eigenvalue weighted by molar-refractivity contribution is -0.386. The topological polar surface area (TPSA) is 91.4 Å². The van der Waals surface area contributed by atoms with Gasteiger partial charge in [0.1, 0.15) is 6.54 Å². The summed E-state index contributed by atoms with van der Waals surface area (Å²) in [6.45, 7) is 2.11. The number of unbranched alkanes of at least 4 members (excludes halogenated alkanes) is 1. The molecule has 0 saturated carbocycles. The minimum Gasteiger partial charge on any atom is -0.464 e. The summed E-state index contributed by atoms with van der Waals surface area (Å²) in [7, 11) is 0. The first-order chi connectivity index (χ1) is 8.95. The van der Waals surface area contributed by atoms with E-state index in [1.165, 1.54) is 10.8 Å². The Morgan fingerprint density at radius 1 is 1.53 bits per heavy atom. The average Bonchev–Trinajstić information content (AvgIpc) is 2.33. The molecule has 0 aromatic carbocycles. The van der Waals surface area contributed by atoms with Crippen LogP contribution in [0.5, 0.6) is 0 Å². The lowest BCUT2D eigenvalue weighted by Crippen LogP contribution is -2.18. The highest BCUT2D eigenvalue weighted by atomic mass is 79.9. The molecule has 1 aromatic heterocycles. The maximum atomic E-state index is 11.5. The number of hydrogen-bond donors (Lipinski definition) is 0. The number of carbonyl (C=O) groups excluding carboxylic acids is 1.